The van der Waals surface area contributed by atoms with Crippen LogP contribution in [-0.2, 0) is 23.8 Å². The summed E-state index contributed by atoms with van der Waals surface area (Å²) in [6.07, 6.45) is -1.64. The van der Waals surface area contributed by atoms with Gasteiger partial charge in [0.2, 0.25) is 0 Å². The SMILES string of the molecule is CC(CCCC(=O)O[C@@H]1CO[C@@H]2[C@H]1OC[C@@H]2O)O[N+](=O)[O-]. The minimum absolute atomic E-state index is 0.141. The first-order valence-electron chi connectivity index (χ1n) is 6.89. The maximum atomic E-state index is 11.7. The molecule has 0 radical (unpaired) electrons. The van der Waals surface area contributed by atoms with Gasteiger partial charge in [0, 0.05) is 6.42 Å². The van der Waals surface area contributed by atoms with Crippen molar-refractivity contribution in [1.29, 1.82) is 0 Å². The fraction of sp³-hybridized carbons (Fsp3) is 0.917. The van der Waals surface area contributed by atoms with Crippen LogP contribution in [0.2, 0.25) is 0 Å². The molecule has 0 spiro atoms. The van der Waals surface area contributed by atoms with Gasteiger partial charge in [-0.1, -0.05) is 0 Å². The summed E-state index contributed by atoms with van der Waals surface area (Å²) in [6.45, 7) is 1.95. The standard InChI is InChI=1S/C12H19NO8/c1-7(21-13(16)17)3-2-4-10(15)20-9-6-19-11-8(14)5-18-12(9)11/h7-9,11-12,14H,2-6H2,1H3/t7?,8-,9+,11-,12-/m0/s1. The molecule has 1 unspecified atom stereocenters. The van der Waals surface area contributed by atoms with E-state index in [2.05, 4.69) is 4.84 Å². The van der Waals surface area contributed by atoms with Gasteiger partial charge in [0.25, 0.3) is 5.09 Å². The van der Waals surface area contributed by atoms with E-state index < -0.39 is 41.6 Å². The molecule has 0 amide bonds. The Labute approximate surface area is 121 Å². The Morgan fingerprint density at radius 3 is 2.86 bits per heavy atom. The van der Waals surface area contributed by atoms with Crippen LogP contribution < -0.4 is 0 Å². The lowest BCUT2D eigenvalue weighted by Crippen LogP contribution is -2.34. The number of aliphatic hydroxyl groups is 1. The van der Waals surface area contributed by atoms with Crippen molar-refractivity contribution >= 4 is 5.97 Å². The van der Waals surface area contributed by atoms with Crippen LogP contribution in [0, 0.1) is 10.1 Å². The van der Waals surface area contributed by atoms with Gasteiger partial charge < -0.3 is 24.2 Å². The lowest BCUT2D eigenvalue weighted by molar-refractivity contribution is -0.767. The quantitative estimate of drug-likeness (QED) is 0.391. The third-order valence-corrected chi connectivity index (χ3v) is 3.52. The maximum Gasteiger partial charge on any atom is 0.306 e. The van der Waals surface area contributed by atoms with Crippen LogP contribution in [0.5, 0.6) is 0 Å². The average Bonchev–Trinajstić information content (AvgIpc) is 2.93. The number of ether oxygens (including phenoxy) is 3. The summed E-state index contributed by atoms with van der Waals surface area (Å²) >= 11 is 0. The molecular weight excluding hydrogens is 286 g/mol. The predicted molar refractivity (Wildman–Crippen MR) is 66.8 cm³/mol. The van der Waals surface area contributed by atoms with Gasteiger partial charge in [-0.15, -0.1) is 10.1 Å². The van der Waals surface area contributed by atoms with Gasteiger partial charge in [-0.25, -0.2) is 0 Å². The topological polar surface area (TPSA) is 117 Å². The van der Waals surface area contributed by atoms with Crippen molar-refractivity contribution in [3.8, 4) is 0 Å². The molecule has 120 valence electrons. The first kappa shape index (κ1) is 15.9. The molecule has 2 aliphatic rings. The lowest BCUT2D eigenvalue weighted by atomic mass is 10.1. The molecule has 0 aromatic heterocycles. The van der Waals surface area contributed by atoms with E-state index in [9.17, 15) is 20.0 Å². The fourth-order valence-corrected chi connectivity index (χ4v) is 2.51. The Kier molecular flexibility index (Phi) is 5.32. The van der Waals surface area contributed by atoms with Crippen LogP contribution in [0.3, 0.4) is 0 Å². The molecule has 0 aliphatic carbocycles. The normalized spacial score (nSPS) is 32.5. The number of nitrogens with zero attached hydrogens (tertiary/aromatic N) is 1. The molecule has 0 bridgehead atoms. The second-order valence-corrected chi connectivity index (χ2v) is 5.22. The van der Waals surface area contributed by atoms with E-state index in [1.165, 1.54) is 0 Å². The van der Waals surface area contributed by atoms with E-state index in [0.717, 1.165) is 0 Å². The van der Waals surface area contributed by atoms with Gasteiger partial charge in [-0.3, -0.25) is 4.79 Å². The van der Waals surface area contributed by atoms with Gasteiger partial charge in [-0.2, -0.15) is 0 Å². The first-order valence-corrected chi connectivity index (χ1v) is 6.89. The molecule has 0 aromatic carbocycles. The lowest BCUT2D eigenvalue weighted by Gasteiger charge is -2.16. The summed E-state index contributed by atoms with van der Waals surface area (Å²) in [7, 11) is 0. The van der Waals surface area contributed by atoms with E-state index in [4.69, 9.17) is 14.2 Å². The summed E-state index contributed by atoms with van der Waals surface area (Å²) in [5, 5.41) is 18.8. The maximum absolute atomic E-state index is 11.7. The van der Waals surface area contributed by atoms with E-state index >= 15 is 0 Å². The Hall–Kier alpha value is -1.45. The average molecular weight is 305 g/mol. The molecule has 9 nitrogen and oxygen atoms in total. The van der Waals surface area contributed by atoms with Crippen molar-refractivity contribution in [2.75, 3.05) is 13.2 Å². The van der Waals surface area contributed by atoms with E-state index in [1.807, 2.05) is 0 Å². The smallest absolute Gasteiger partial charge is 0.306 e. The number of rotatable bonds is 7. The summed E-state index contributed by atoms with van der Waals surface area (Å²) in [5.41, 5.74) is 0. The van der Waals surface area contributed by atoms with Crippen LogP contribution in [0.1, 0.15) is 26.2 Å². The molecule has 1 N–H and O–H groups in total. The van der Waals surface area contributed by atoms with Crippen LogP contribution in [0.4, 0.5) is 0 Å². The van der Waals surface area contributed by atoms with Gasteiger partial charge in [0.05, 0.1) is 13.2 Å². The Balaban J connectivity index is 1.65. The number of aliphatic hydroxyl groups excluding tert-OH is 1. The first-order chi connectivity index (χ1) is 9.97. The van der Waals surface area contributed by atoms with Crippen LogP contribution in [0.15, 0.2) is 0 Å². The molecule has 0 aromatic rings. The van der Waals surface area contributed by atoms with E-state index in [1.54, 1.807) is 6.92 Å². The van der Waals surface area contributed by atoms with Crippen LogP contribution in [0.25, 0.3) is 0 Å². The van der Waals surface area contributed by atoms with Gasteiger partial charge in [0.15, 0.2) is 6.10 Å². The van der Waals surface area contributed by atoms with Crippen molar-refractivity contribution in [2.45, 2.75) is 56.7 Å². The number of carbonyl (C=O) groups excluding carboxylic acids is 1. The van der Waals surface area contributed by atoms with Gasteiger partial charge in [0.1, 0.15) is 24.4 Å². The minimum Gasteiger partial charge on any atom is -0.457 e. The van der Waals surface area contributed by atoms with Crippen molar-refractivity contribution in [3.63, 3.8) is 0 Å². The Bertz CT molecular complexity index is 389. The Morgan fingerprint density at radius 1 is 1.43 bits per heavy atom. The van der Waals surface area contributed by atoms with Crippen LogP contribution in [-0.4, -0.2) is 59.9 Å². The second kappa shape index (κ2) is 7.01. The third kappa shape index (κ3) is 4.26. The molecule has 5 atom stereocenters. The second-order valence-electron chi connectivity index (χ2n) is 5.22. The molecule has 2 aliphatic heterocycles. The molecule has 2 rings (SSSR count). The summed E-state index contributed by atoms with van der Waals surface area (Å²) in [5.74, 6) is -0.414. The third-order valence-electron chi connectivity index (χ3n) is 3.52. The molecular formula is C12H19NO8. The molecule has 9 heteroatoms. The summed E-state index contributed by atoms with van der Waals surface area (Å²) in [6, 6.07) is 0. The number of hydrogen-bond donors (Lipinski definition) is 1. The summed E-state index contributed by atoms with van der Waals surface area (Å²) < 4.78 is 15.9. The van der Waals surface area contributed by atoms with Crippen molar-refractivity contribution < 1.29 is 34.0 Å². The van der Waals surface area contributed by atoms with Gasteiger partial charge >= 0.3 is 5.97 Å². The van der Waals surface area contributed by atoms with Crippen LogP contribution >= 0.6 is 0 Å². The minimum atomic E-state index is -0.846. The highest BCUT2D eigenvalue weighted by Gasteiger charge is 2.48. The monoisotopic (exact) mass is 305 g/mol. The highest BCUT2D eigenvalue weighted by molar-refractivity contribution is 5.69. The Morgan fingerprint density at radius 2 is 2.14 bits per heavy atom. The van der Waals surface area contributed by atoms with E-state index in [0.29, 0.717) is 12.8 Å². The number of esters is 1. The fourth-order valence-electron chi connectivity index (χ4n) is 2.51. The molecule has 0 saturated carbocycles. The highest BCUT2D eigenvalue weighted by Crippen LogP contribution is 2.29. The zero-order chi connectivity index (χ0) is 15.4. The van der Waals surface area contributed by atoms with Crippen molar-refractivity contribution in [3.05, 3.63) is 10.1 Å². The highest BCUT2D eigenvalue weighted by atomic mass is 17.0. The molecule has 2 fully saturated rings. The largest absolute Gasteiger partial charge is 0.457 e. The number of fused-ring (bicyclic) bond motifs is 1. The number of hydrogen-bond acceptors (Lipinski definition) is 8. The summed E-state index contributed by atoms with van der Waals surface area (Å²) in [4.78, 5) is 26.2. The molecule has 2 heterocycles. The predicted octanol–water partition coefficient (Wildman–Crippen LogP) is -0.176. The zero-order valence-electron chi connectivity index (χ0n) is 11.7. The van der Waals surface area contributed by atoms with Crippen molar-refractivity contribution in [1.82, 2.24) is 0 Å². The van der Waals surface area contributed by atoms with Gasteiger partial charge in [-0.05, 0) is 19.8 Å². The molecule has 21 heavy (non-hydrogen) atoms. The number of carbonyl (C=O) groups is 1. The molecule has 2 saturated heterocycles. The van der Waals surface area contributed by atoms with Crippen molar-refractivity contribution in [2.24, 2.45) is 0 Å². The zero-order valence-corrected chi connectivity index (χ0v) is 11.7. The van der Waals surface area contributed by atoms with E-state index in [-0.39, 0.29) is 19.6 Å².